The molecule has 4 N–H and O–H groups in total. The molecule has 9 nitrogen and oxygen atoms in total. The van der Waals surface area contributed by atoms with Crippen LogP contribution >= 0.6 is 23.2 Å². The van der Waals surface area contributed by atoms with E-state index in [4.69, 9.17) is 27.9 Å². The molecular weight excluding hydrogens is 636 g/mol. The molecule has 1 aliphatic heterocycles. The van der Waals surface area contributed by atoms with Crippen LogP contribution in [0.1, 0.15) is 60.0 Å². The van der Waals surface area contributed by atoms with Crippen molar-refractivity contribution in [2.24, 2.45) is 10.9 Å². The molecular formula is C28H28Cl2F5N5O4. The second-order valence-corrected chi connectivity index (χ2v) is 11.8. The maximum atomic E-state index is 13.2. The van der Waals surface area contributed by atoms with Gasteiger partial charge in [0, 0.05) is 24.6 Å². The number of carbonyl (C=O) groups excluding carboxylic acids is 2. The number of ether oxygens (including phenoxy) is 1. The van der Waals surface area contributed by atoms with Crippen molar-refractivity contribution in [2.75, 3.05) is 11.9 Å². The summed E-state index contributed by atoms with van der Waals surface area (Å²) in [5, 5.41) is 18.7. The first-order valence-corrected chi connectivity index (χ1v) is 14.6. The van der Waals surface area contributed by atoms with Crippen molar-refractivity contribution in [3.05, 3.63) is 44.9 Å². The van der Waals surface area contributed by atoms with Crippen LogP contribution in [-0.2, 0) is 17.8 Å². The summed E-state index contributed by atoms with van der Waals surface area (Å²) in [7, 11) is 0. The predicted octanol–water partition coefficient (Wildman–Crippen LogP) is 5.72. The van der Waals surface area contributed by atoms with Gasteiger partial charge in [0.25, 0.3) is 18.2 Å². The van der Waals surface area contributed by atoms with E-state index in [2.05, 4.69) is 25.9 Å². The van der Waals surface area contributed by atoms with Crippen molar-refractivity contribution in [3.63, 3.8) is 0 Å². The van der Waals surface area contributed by atoms with Gasteiger partial charge in [0.05, 0.1) is 21.7 Å². The average molecular weight is 664 g/mol. The monoisotopic (exact) mass is 663 g/mol. The van der Waals surface area contributed by atoms with Crippen LogP contribution < -0.4 is 20.7 Å². The van der Waals surface area contributed by atoms with E-state index in [0.717, 1.165) is 0 Å². The number of benzene rings is 1. The lowest BCUT2D eigenvalue weighted by Gasteiger charge is -2.30. The molecule has 1 aromatic heterocycles. The fourth-order valence-electron chi connectivity index (χ4n) is 5.09. The van der Waals surface area contributed by atoms with Crippen LogP contribution in [0, 0.1) is 5.92 Å². The SMILES string of the molecule is O=C(NC1CCC(C(F)(F)F)CC1)c1cc2c(nc1OCC(F)F)N=C(Nc1c(Cl)ccc(CNC(=O)C3(O)CC3)c1Cl)C2. The minimum absolute atomic E-state index is 0.0290. The molecule has 2 aliphatic carbocycles. The third kappa shape index (κ3) is 7.35. The Balaban J connectivity index is 1.30. The summed E-state index contributed by atoms with van der Waals surface area (Å²) in [6, 6.07) is 4.05. The van der Waals surface area contributed by atoms with E-state index in [1.165, 1.54) is 6.07 Å². The van der Waals surface area contributed by atoms with E-state index in [-0.39, 0.29) is 71.6 Å². The van der Waals surface area contributed by atoms with Gasteiger partial charge in [-0.2, -0.15) is 18.2 Å². The molecule has 44 heavy (non-hydrogen) atoms. The number of nitrogens with one attached hydrogen (secondary N) is 3. The second-order valence-electron chi connectivity index (χ2n) is 11.1. The molecule has 2 fully saturated rings. The lowest BCUT2D eigenvalue weighted by atomic mass is 9.85. The summed E-state index contributed by atoms with van der Waals surface area (Å²) in [6.07, 6.45) is -6.29. The van der Waals surface area contributed by atoms with Crippen molar-refractivity contribution in [1.29, 1.82) is 0 Å². The van der Waals surface area contributed by atoms with Crippen LogP contribution in [0.25, 0.3) is 0 Å². The predicted molar refractivity (Wildman–Crippen MR) is 152 cm³/mol. The molecule has 0 atom stereocenters. The number of hydrogen-bond donors (Lipinski definition) is 4. The molecule has 0 radical (unpaired) electrons. The molecule has 2 amide bonds. The Kier molecular flexibility index (Phi) is 9.24. The Morgan fingerprint density at radius 2 is 1.84 bits per heavy atom. The zero-order valence-corrected chi connectivity index (χ0v) is 24.6. The Morgan fingerprint density at radius 1 is 1.14 bits per heavy atom. The number of anilines is 1. The summed E-state index contributed by atoms with van der Waals surface area (Å²) in [4.78, 5) is 33.8. The van der Waals surface area contributed by atoms with Gasteiger partial charge in [-0.05, 0) is 56.2 Å². The topological polar surface area (TPSA) is 125 Å². The number of aliphatic hydroxyl groups is 1. The fraction of sp³-hybridized carbons (Fsp3) is 0.500. The average Bonchev–Trinajstić information content (AvgIpc) is 3.59. The van der Waals surface area contributed by atoms with E-state index in [9.17, 15) is 36.6 Å². The maximum Gasteiger partial charge on any atom is 0.391 e. The van der Waals surface area contributed by atoms with Crippen LogP contribution in [0.15, 0.2) is 23.2 Å². The Labute approximate surface area is 258 Å². The third-order valence-corrected chi connectivity index (χ3v) is 8.53. The second kappa shape index (κ2) is 12.6. The molecule has 3 aliphatic rings. The van der Waals surface area contributed by atoms with Crippen LogP contribution in [0.3, 0.4) is 0 Å². The van der Waals surface area contributed by atoms with Crippen molar-refractivity contribution >= 4 is 52.4 Å². The van der Waals surface area contributed by atoms with E-state index in [0.29, 0.717) is 29.8 Å². The number of nitrogens with zero attached hydrogens (tertiary/aromatic N) is 2. The lowest BCUT2D eigenvalue weighted by Crippen LogP contribution is -2.40. The van der Waals surface area contributed by atoms with Gasteiger partial charge in [-0.3, -0.25) is 9.59 Å². The molecule has 0 bridgehead atoms. The Hall–Kier alpha value is -3.23. The summed E-state index contributed by atoms with van der Waals surface area (Å²) in [6.45, 7) is -1.01. The Bertz CT molecular complexity index is 1480. The highest BCUT2D eigenvalue weighted by Gasteiger charge is 2.48. The summed E-state index contributed by atoms with van der Waals surface area (Å²) in [5.41, 5.74) is -0.256. The fourth-order valence-corrected chi connectivity index (χ4v) is 5.63. The van der Waals surface area contributed by atoms with Crippen molar-refractivity contribution in [2.45, 2.75) is 75.7 Å². The van der Waals surface area contributed by atoms with Gasteiger partial charge in [-0.1, -0.05) is 29.3 Å². The van der Waals surface area contributed by atoms with Gasteiger partial charge in [0.2, 0.25) is 5.88 Å². The lowest BCUT2D eigenvalue weighted by molar-refractivity contribution is -0.182. The number of alkyl halides is 5. The van der Waals surface area contributed by atoms with Crippen molar-refractivity contribution in [1.82, 2.24) is 15.6 Å². The largest absolute Gasteiger partial charge is 0.471 e. The molecule has 0 saturated heterocycles. The molecule has 1 aromatic carbocycles. The summed E-state index contributed by atoms with van der Waals surface area (Å²) in [5.74, 6) is -2.61. The summed E-state index contributed by atoms with van der Waals surface area (Å²) < 4.78 is 70.2. The van der Waals surface area contributed by atoms with Crippen LogP contribution in [0.2, 0.25) is 10.0 Å². The number of carbonyl (C=O) groups is 2. The number of hydrogen-bond acceptors (Lipinski definition) is 7. The molecule has 2 aromatic rings. The number of aliphatic imine (C=N–C) groups is 1. The highest BCUT2D eigenvalue weighted by atomic mass is 35.5. The van der Waals surface area contributed by atoms with Gasteiger partial charge in [-0.15, -0.1) is 0 Å². The molecule has 0 spiro atoms. The van der Waals surface area contributed by atoms with E-state index in [1.807, 2.05) is 0 Å². The van der Waals surface area contributed by atoms with Gasteiger partial charge < -0.3 is 25.8 Å². The minimum Gasteiger partial charge on any atom is -0.471 e. The number of halogens is 7. The molecule has 5 rings (SSSR count). The quantitative estimate of drug-likeness (QED) is 0.254. The molecule has 2 heterocycles. The van der Waals surface area contributed by atoms with E-state index >= 15 is 0 Å². The Morgan fingerprint density at radius 3 is 2.48 bits per heavy atom. The zero-order chi connectivity index (χ0) is 31.8. The van der Waals surface area contributed by atoms with E-state index in [1.54, 1.807) is 12.1 Å². The number of rotatable bonds is 9. The highest BCUT2D eigenvalue weighted by Crippen LogP contribution is 2.39. The standard InChI is InChI=1S/C28H28Cl2F5N5O4/c29-18-6-1-13(11-36-26(42)27(43)7-8-27)21(30)22(18)38-20-10-14-9-17(25(40-23(14)39-20)44-12-19(31)32)24(41)37-16-4-2-15(3-5-16)28(33,34)35/h1,6,9,15-16,19,43H,2-5,7-8,10-12H2,(H,36,42)(H,37,41)(H,38,39,40). The molecule has 2 saturated carbocycles. The molecule has 238 valence electrons. The first-order chi connectivity index (χ1) is 20.7. The first kappa shape index (κ1) is 32.2. The van der Waals surface area contributed by atoms with Crippen LogP contribution in [-0.4, -0.2) is 58.6 Å². The smallest absolute Gasteiger partial charge is 0.391 e. The summed E-state index contributed by atoms with van der Waals surface area (Å²) >= 11 is 12.9. The van der Waals surface area contributed by atoms with Gasteiger partial charge in [-0.25, -0.2) is 13.8 Å². The number of fused-ring (bicyclic) bond motifs is 1. The molecule has 0 unspecified atom stereocenters. The number of amides is 2. The number of amidine groups is 1. The van der Waals surface area contributed by atoms with Gasteiger partial charge in [0.1, 0.15) is 17.0 Å². The maximum absolute atomic E-state index is 13.2. The first-order valence-electron chi connectivity index (χ1n) is 13.9. The number of aromatic nitrogens is 1. The normalized spacial score (nSPS) is 20.5. The van der Waals surface area contributed by atoms with Gasteiger partial charge >= 0.3 is 6.18 Å². The zero-order valence-electron chi connectivity index (χ0n) is 23.0. The van der Waals surface area contributed by atoms with Crippen LogP contribution in [0.4, 0.5) is 33.5 Å². The molecule has 16 heteroatoms. The van der Waals surface area contributed by atoms with Gasteiger partial charge in [0.15, 0.2) is 12.4 Å². The third-order valence-electron chi connectivity index (χ3n) is 7.78. The van der Waals surface area contributed by atoms with Crippen molar-refractivity contribution in [3.8, 4) is 5.88 Å². The van der Waals surface area contributed by atoms with Crippen LogP contribution in [0.5, 0.6) is 5.88 Å². The minimum atomic E-state index is -4.30. The van der Waals surface area contributed by atoms with E-state index < -0.39 is 48.6 Å². The number of pyridine rings is 1. The highest BCUT2D eigenvalue weighted by molar-refractivity contribution is 6.40. The van der Waals surface area contributed by atoms with Crippen molar-refractivity contribution < 1.29 is 41.4 Å².